The Hall–Kier alpha value is -0.600. The molecule has 0 spiro atoms. The summed E-state index contributed by atoms with van der Waals surface area (Å²) in [7, 11) is 0. The molecule has 0 saturated heterocycles. The first kappa shape index (κ1) is 10.4. The van der Waals surface area contributed by atoms with Gasteiger partial charge in [0.15, 0.2) is 0 Å². The van der Waals surface area contributed by atoms with Gasteiger partial charge in [-0.05, 0) is 25.3 Å². The van der Waals surface area contributed by atoms with E-state index in [-0.39, 0.29) is 0 Å². The third-order valence-electron chi connectivity index (χ3n) is 1.59. The van der Waals surface area contributed by atoms with Crippen molar-refractivity contribution in [3.63, 3.8) is 0 Å². The normalized spacial score (nSPS) is 14.6. The van der Waals surface area contributed by atoms with Crippen molar-refractivity contribution in [2.24, 2.45) is 5.73 Å². The summed E-state index contributed by atoms with van der Waals surface area (Å²) in [6.45, 7) is 5.80. The van der Waals surface area contributed by atoms with Gasteiger partial charge < -0.3 is 10.8 Å². The molecule has 1 unspecified atom stereocenters. The quantitative estimate of drug-likeness (QED) is 0.463. The first-order chi connectivity index (χ1) is 5.22. The molecular formula is C9H17NO. The van der Waals surface area contributed by atoms with E-state index in [0.29, 0.717) is 6.54 Å². The third kappa shape index (κ3) is 4.76. The van der Waals surface area contributed by atoms with Crippen LogP contribution in [0.2, 0.25) is 0 Å². The monoisotopic (exact) mass is 155 g/mol. The molecule has 2 heteroatoms. The summed E-state index contributed by atoms with van der Waals surface area (Å²) in [5.74, 6) is 0. The summed E-state index contributed by atoms with van der Waals surface area (Å²) in [5, 5.41) is 9.21. The maximum Gasteiger partial charge on any atom is 0.0869 e. The Morgan fingerprint density at radius 1 is 1.64 bits per heavy atom. The third-order valence-corrected chi connectivity index (χ3v) is 1.59. The van der Waals surface area contributed by atoms with Crippen LogP contribution in [0.25, 0.3) is 0 Å². The van der Waals surface area contributed by atoms with E-state index in [1.54, 1.807) is 0 Å². The maximum absolute atomic E-state index is 9.21. The Kier molecular flexibility index (Phi) is 5.80. The second kappa shape index (κ2) is 6.13. The highest BCUT2D eigenvalue weighted by atomic mass is 16.3. The molecular weight excluding hydrogens is 138 g/mol. The molecule has 1 atom stereocenters. The lowest BCUT2D eigenvalue weighted by Gasteiger charge is -2.06. The molecule has 0 aromatic rings. The lowest BCUT2D eigenvalue weighted by atomic mass is 10.1. The largest absolute Gasteiger partial charge is 0.387 e. The van der Waals surface area contributed by atoms with Crippen LogP contribution in [0.5, 0.6) is 0 Å². The van der Waals surface area contributed by atoms with Gasteiger partial charge in [-0.3, -0.25) is 0 Å². The van der Waals surface area contributed by atoms with Crippen molar-refractivity contribution < 1.29 is 5.11 Å². The lowest BCUT2D eigenvalue weighted by Crippen LogP contribution is -2.20. The number of nitrogens with two attached hydrogens (primary N) is 1. The standard InChI is InChI=1S/C9H17NO/c1-3-4-5-6-8(2)9(11)7-10/h3,6,9,11H,1,4-5,7,10H2,2H3/b8-6+. The van der Waals surface area contributed by atoms with Crippen molar-refractivity contribution in [3.05, 3.63) is 24.3 Å². The van der Waals surface area contributed by atoms with Crippen molar-refractivity contribution in [2.75, 3.05) is 6.54 Å². The van der Waals surface area contributed by atoms with E-state index < -0.39 is 6.10 Å². The molecule has 0 rings (SSSR count). The Bertz CT molecular complexity index is 140. The molecule has 11 heavy (non-hydrogen) atoms. The molecule has 0 radical (unpaired) electrons. The fraction of sp³-hybridized carbons (Fsp3) is 0.556. The molecule has 0 aromatic carbocycles. The van der Waals surface area contributed by atoms with Gasteiger partial charge in [-0.25, -0.2) is 0 Å². The van der Waals surface area contributed by atoms with E-state index in [4.69, 9.17) is 5.73 Å². The van der Waals surface area contributed by atoms with Gasteiger partial charge in [-0.15, -0.1) is 6.58 Å². The minimum Gasteiger partial charge on any atom is -0.387 e. The van der Waals surface area contributed by atoms with Crippen LogP contribution in [-0.2, 0) is 0 Å². The van der Waals surface area contributed by atoms with E-state index in [9.17, 15) is 5.11 Å². The van der Waals surface area contributed by atoms with Gasteiger partial charge in [-0.2, -0.15) is 0 Å². The van der Waals surface area contributed by atoms with Gasteiger partial charge in [0.1, 0.15) is 0 Å². The minimum absolute atomic E-state index is 0.302. The average molecular weight is 155 g/mol. The maximum atomic E-state index is 9.21. The molecule has 0 aliphatic carbocycles. The van der Waals surface area contributed by atoms with Crippen molar-refractivity contribution in [3.8, 4) is 0 Å². The smallest absolute Gasteiger partial charge is 0.0869 e. The van der Waals surface area contributed by atoms with E-state index in [1.165, 1.54) is 0 Å². The Balaban J connectivity index is 3.69. The van der Waals surface area contributed by atoms with Gasteiger partial charge in [-0.1, -0.05) is 12.2 Å². The van der Waals surface area contributed by atoms with Crippen LogP contribution in [0.4, 0.5) is 0 Å². The zero-order chi connectivity index (χ0) is 8.69. The van der Waals surface area contributed by atoms with Gasteiger partial charge in [0.25, 0.3) is 0 Å². The van der Waals surface area contributed by atoms with Crippen LogP contribution in [0.1, 0.15) is 19.8 Å². The first-order valence-corrected chi connectivity index (χ1v) is 3.88. The van der Waals surface area contributed by atoms with E-state index >= 15 is 0 Å². The predicted octanol–water partition coefficient (Wildman–Crippen LogP) is 1.22. The summed E-state index contributed by atoms with van der Waals surface area (Å²) in [4.78, 5) is 0. The Morgan fingerprint density at radius 3 is 2.73 bits per heavy atom. The fourth-order valence-electron chi connectivity index (χ4n) is 0.751. The van der Waals surface area contributed by atoms with E-state index in [1.807, 2.05) is 19.1 Å². The molecule has 0 bridgehead atoms. The van der Waals surface area contributed by atoms with Crippen molar-refractivity contribution >= 4 is 0 Å². The van der Waals surface area contributed by atoms with Crippen LogP contribution in [-0.4, -0.2) is 17.8 Å². The number of aliphatic hydroxyl groups excluding tert-OH is 1. The Labute approximate surface area is 68.4 Å². The van der Waals surface area contributed by atoms with Gasteiger partial charge in [0.05, 0.1) is 6.10 Å². The molecule has 0 amide bonds. The topological polar surface area (TPSA) is 46.2 Å². The van der Waals surface area contributed by atoms with Crippen molar-refractivity contribution in [2.45, 2.75) is 25.9 Å². The molecule has 0 saturated carbocycles. The predicted molar refractivity (Wildman–Crippen MR) is 48.2 cm³/mol. The molecule has 0 fully saturated rings. The van der Waals surface area contributed by atoms with Crippen LogP contribution in [0, 0.1) is 0 Å². The molecule has 0 aromatic heterocycles. The summed E-state index contributed by atoms with van der Waals surface area (Å²) in [6, 6.07) is 0. The van der Waals surface area contributed by atoms with Crippen LogP contribution >= 0.6 is 0 Å². The average Bonchev–Trinajstić information content (AvgIpc) is 2.03. The molecule has 0 aliphatic rings. The Morgan fingerprint density at radius 2 is 2.27 bits per heavy atom. The lowest BCUT2D eigenvalue weighted by molar-refractivity contribution is 0.218. The molecule has 64 valence electrons. The number of hydrogen-bond donors (Lipinski definition) is 2. The summed E-state index contributed by atoms with van der Waals surface area (Å²) < 4.78 is 0. The number of rotatable bonds is 5. The zero-order valence-electron chi connectivity index (χ0n) is 7.09. The number of allylic oxidation sites excluding steroid dienone is 2. The van der Waals surface area contributed by atoms with E-state index in [0.717, 1.165) is 18.4 Å². The number of aliphatic hydroxyl groups is 1. The molecule has 0 heterocycles. The highest BCUT2D eigenvalue weighted by molar-refractivity contribution is 5.05. The fourth-order valence-corrected chi connectivity index (χ4v) is 0.751. The van der Waals surface area contributed by atoms with Crippen molar-refractivity contribution in [1.82, 2.24) is 0 Å². The second-order valence-corrected chi connectivity index (χ2v) is 2.57. The van der Waals surface area contributed by atoms with Gasteiger partial charge in [0.2, 0.25) is 0 Å². The van der Waals surface area contributed by atoms with Crippen LogP contribution < -0.4 is 5.73 Å². The highest BCUT2D eigenvalue weighted by Crippen LogP contribution is 2.02. The number of unbranched alkanes of at least 4 members (excludes halogenated alkanes) is 1. The SMILES string of the molecule is C=CCC/C=C(\C)C(O)CN. The molecule has 2 nitrogen and oxygen atoms in total. The van der Waals surface area contributed by atoms with Gasteiger partial charge >= 0.3 is 0 Å². The number of hydrogen-bond acceptors (Lipinski definition) is 2. The minimum atomic E-state index is -0.472. The summed E-state index contributed by atoms with van der Waals surface area (Å²) >= 11 is 0. The zero-order valence-corrected chi connectivity index (χ0v) is 7.09. The van der Waals surface area contributed by atoms with Crippen molar-refractivity contribution in [1.29, 1.82) is 0 Å². The summed E-state index contributed by atoms with van der Waals surface area (Å²) in [5.41, 5.74) is 6.22. The van der Waals surface area contributed by atoms with Crippen LogP contribution in [0.15, 0.2) is 24.3 Å². The van der Waals surface area contributed by atoms with Gasteiger partial charge in [0, 0.05) is 6.54 Å². The molecule has 3 N–H and O–H groups in total. The second-order valence-electron chi connectivity index (χ2n) is 2.57. The van der Waals surface area contributed by atoms with Crippen LogP contribution in [0.3, 0.4) is 0 Å². The first-order valence-electron chi connectivity index (χ1n) is 3.88. The molecule has 0 aliphatic heterocycles. The van der Waals surface area contributed by atoms with E-state index in [2.05, 4.69) is 6.58 Å². The highest BCUT2D eigenvalue weighted by Gasteiger charge is 2.00. The summed E-state index contributed by atoms with van der Waals surface area (Å²) in [6.07, 6.45) is 5.28.